The third-order valence-electron chi connectivity index (χ3n) is 4.05. The van der Waals surface area contributed by atoms with Gasteiger partial charge in [-0.2, -0.15) is 5.26 Å². The fourth-order valence-electron chi connectivity index (χ4n) is 2.78. The van der Waals surface area contributed by atoms with Gasteiger partial charge < -0.3 is 4.74 Å². The van der Waals surface area contributed by atoms with E-state index in [0.29, 0.717) is 3.97 Å². The van der Waals surface area contributed by atoms with Gasteiger partial charge in [0.25, 0.3) is 10.0 Å². The second-order valence-electron chi connectivity index (χ2n) is 6.14. The summed E-state index contributed by atoms with van der Waals surface area (Å²) in [5.41, 5.74) is 0.294. The highest BCUT2D eigenvalue weighted by Crippen LogP contribution is 2.31. The van der Waals surface area contributed by atoms with E-state index < -0.39 is 34.3 Å². The van der Waals surface area contributed by atoms with Gasteiger partial charge in [-0.1, -0.05) is 17.7 Å². The molecule has 0 aliphatic rings. The average Bonchev–Trinajstić information content (AvgIpc) is 3.00. The first-order chi connectivity index (χ1) is 13.5. The minimum Gasteiger partial charge on any atom is -0.406 e. The zero-order valence-electron chi connectivity index (χ0n) is 14.9. The zero-order valence-corrected chi connectivity index (χ0v) is 15.7. The Labute approximate surface area is 163 Å². The predicted molar refractivity (Wildman–Crippen MR) is 96.9 cm³/mol. The largest absolute Gasteiger partial charge is 0.573 e. The van der Waals surface area contributed by atoms with Crippen LogP contribution in [-0.2, 0) is 10.0 Å². The molecule has 1 heterocycles. The quantitative estimate of drug-likeness (QED) is 0.576. The van der Waals surface area contributed by atoms with Crippen molar-refractivity contribution in [3.05, 3.63) is 59.8 Å². The molecular weight excluding hydrogens is 409 g/mol. The number of nitrogens with zero attached hydrogens (tertiary/aromatic N) is 2. The summed E-state index contributed by atoms with van der Waals surface area (Å²) in [5.74, 6) is -1.42. The van der Waals surface area contributed by atoms with Crippen molar-refractivity contribution < 1.29 is 31.1 Å². The van der Waals surface area contributed by atoms with Crippen LogP contribution >= 0.6 is 0 Å². The number of hydrogen-bond donors (Lipinski definition) is 0. The predicted octanol–water partition coefficient (Wildman–Crippen LogP) is 4.18. The van der Waals surface area contributed by atoms with Crippen LogP contribution in [0.3, 0.4) is 0 Å². The summed E-state index contributed by atoms with van der Waals surface area (Å²) in [6.45, 7) is 1.75. The molecule has 0 saturated carbocycles. The summed E-state index contributed by atoms with van der Waals surface area (Å²) in [4.78, 5) is 12.2. The molecule has 0 N–H and O–H groups in total. The van der Waals surface area contributed by atoms with Crippen molar-refractivity contribution in [2.24, 2.45) is 0 Å². The average molecular weight is 422 g/mol. The molecule has 0 bridgehead atoms. The molecule has 0 unspecified atom stereocenters. The van der Waals surface area contributed by atoms with Crippen LogP contribution in [0.5, 0.6) is 5.75 Å². The lowest BCUT2D eigenvalue weighted by Crippen LogP contribution is -2.19. The number of aryl methyl sites for hydroxylation is 1. The number of fused-ring (bicyclic) bond motifs is 1. The normalized spacial score (nSPS) is 12.0. The maximum absolute atomic E-state index is 13.2. The van der Waals surface area contributed by atoms with Crippen molar-refractivity contribution >= 4 is 26.7 Å². The fraction of sp³-hybridized carbons (Fsp3) is 0.158. The van der Waals surface area contributed by atoms with Crippen molar-refractivity contribution in [2.45, 2.75) is 24.6 Å². The highest BCUT2D eigenvalue weighted by molar-refractivity contribution is 7.90. The Hall–Kier alpha value is -3.32. The molecule has 0 atom stereocenters. The van der Waals surface area contributed by atoms with Gasteiger partial charge in [0, 0.05) is 11.5 Å². The van der Waals surface area contributed by atoms with Crippen molar-refractivity contribution in [3.63, 3.8) is 0 Å². The number of halogens is 3. The highest BCUT2D eigenvalue weighted by Gasteiger charge is 2.32. The Balaban J connectivity index is 2.29. The van der Waals surface area contributed by atoms with E-state index in [1.165, 1.54) is 24.3 Å². The minimum atomic E-state index is -4.97. The summed E-state index contributed by atoms with van der Waals surface area (Å²) < 4.78 is 68.7. The van der Waals surface area contributed by atoms with Crippen LogP contribution in [-0.4, -0.2) is 24.5 Å². The molecule has 0 saturated heterocycles. The Morgan fingerprint density at radius 1 is 1.14 bits per heavy atom. The topological polar surface area (TPSA) is 89.2 Å². The number of benzene rings is 2. The smallest absolute Gasteiger partial charge is 0.406 e. The molecule has 29 heavy (non-hydrogen) atoms. The molecule has 0 radical (unpaired) electrons. The monoisotopic (exact) mass is 422 g/mol. The molecule has 3 aromatic rings. The Morgan fingerprint density at radius 3 is 2.38 bits per heavy atom. The molecule has 2 aromatic carbocycles. The van der Waals surface area contributed by atoms with Crippen LogP contribution in [0.1, 0.15) is 22.5 Å². The van der Waals surface area contributed by atoms with E-state index in [1.807, 2.05) is 0 Å². The number of ether oxygens (including phenoxy) is 1. The van der Waals surface area contributed by atoms with Gasteiger partial charge in [0.05, 0.1) is 16.5 Å². The standard InChI is InChI=1S/C19H13F3N2O4S/c1-12-2-6-15(7-3-12)29(26,27)24-16-11-14(28-19(20,21)22)5-4-13(16)10-17(24)18(25)8-9-23/h2-7,10-11H,8H2,1H3. The SMILES string of the molecule is Cc1ccc(S(=O)(=O)n2c(C(=O)CC#N)cc3ccc(OC(F)(F)F)cc32)cc1. The summed E-state index contributed by atoms with van der Waals surface area (Å²) >= 11 is 0. The molecule has 150 valence electrons. The maximum Gasteiger partial charge on any atom is 0.573 e. The third-order valence-corrected chi connectivity index (χ3v) is 5.79. The van der Waals surface area contributed by atoms with Crippen LogP contribution in [0, 0.1) is 18.3 Å². The van der Waals surface area contributed by atoms with Crippen molar-refractivity contribution in [3.8, 4) is 11.8 Å². The van der Waals surface area contributed by atoms with Crippen LogP contribution in [0.25, 0.3) is 10.9 Å². The maximum atomic E-state index is 13.2. The lowest BCUT2D eigenvalue weighted by Gasteiger charge is -2.13. The Kier molecular flexibility index (Phi) is 5.11. The summed E-state index contributed by atoms with van der Waals surface area (Å²) in [5, 5.41) is 9.02. The van der Waals surface area contributed by atoms with E-state index in [1.54, 1.807) is 25.1 Å². The number of rotatable bonds is 5. The molecule has 1 aromatic heterocycles. The van der Waals surface area contributed by atoms with Gasteiger partial charge in [-0.3, -0.25) is 4.79 Å². The molecule has 0 aliphatic heterocycles. The van der Waals surface area contributed by atoms with Gasteiger partial charge in [0.2, 0.25) is 0 Å². The number of carbonyl (C=O) groups excluding carboxylic acids is 1. The van der Waals surface area contributed by atoms with Crippen molar-refractivity contribution in [1.82, 2.24) is 3.97 Å². The second-order valence-corrected chi connectivity index (χ2v) is 7.93. The minimum absolute atomic E-state index is 0.159. The number of aromatic nitrogens is 1. The first-order valence-corrected chi connectivity index (χ1v) is 9.60. The number of carbonyl (C=O) groups is 1. The van der Waals surface area contributed by atoms with Crippen molar-refractivity contribution in [2.75, 3.05) is 0 Å². The number of hydrogen-bond acceptors (Lipinski definition) is 5. The summed E-state index contributed by atoms with van der Waals surface area (Å²) in [7, 11) is -4.34. The number of Topliss-reactive ketones (excluding diaryl/α,β-unsaturated/α-hetero) is 1. The van der Waals surface area contributed by atoms with Gasteiger partial charge in [-0.25, -0.2) is 12.4 Å². The van der Waals surface area contributed by atoms with E-state index in [9.17, 15) is 26.4 Å². The molecule has 3 rings (SSSR count). The zero-order chi connectivity index (χ0) is 21.4. The van der Waals surface area contributed by atoms with Gasteiger partial charge in [-0.15, -0.1) is 13.2 Å². The summed E-state index contributed by atoms with van der Waals surface area (Å²) in [6.07, 6.45) is -5.56. The lowest BCUT2D eigenvalue weighted by atomic mass is 10.2. The van der Waals surface area contributed by atoms with Gasteiger partial charge >= 0.3 is 6.36 Å². The van der Waals surface area contributed by atoms with Crippen molar-refractivity contribution in [1.29, 1.82) is 5.26 Å². The molecule has 0 aliphatic carbocycles. The lowest BCUT2D eigenvalue weighted by molar-refractivity contribution is -0.274. The number of ketones is 1. The highest BCUT2D eigenvalue weighted by atomic mass is 32.2. The summed E-state index contributed by atoms with van der Waals surface area (Å²) in [6, 6.07) is 11.7. The number of alkyl halides is 3. The van der Waals surface area contributed by atoms with E-state index in [4.69, 9.17) is 5.26 Å². The second kappa shape index (κ2) is 7.25. The van der Waals surface area contributed by atoms with E-state index >= 15 is 0 Å². The third kappa shape index (κ3) is 4.09. The van der Waals surface area contributed by atoms with Crippen LogP contribution in [0.2, 0.25) is 0 Å². The fourth-order valence-corrected chi connectivity index (χ4v) is 4.31. The van der Waals surface area contributed by atoms with Gasteiger partial charge in [0.15, 0.2) is 5.78 Å². The molecule has 10 heteroatoms. The van der Waals surface area contributed by atoms with Crippen LogP contribution in [0.4, 0.5) is 13.2 Å². The molecule has 0 amide bonds. The van der Waals surface area contributed by atoms with E-state index in [0.717, 1.165) is 17.7 Å². The molecule has 6 nitrogen and oxygen atoms in total. The van der Waals surface area contributed by atoms with E-state index in [2.05, 4.69) is 4.74 Å². The molecule has 0 spiro atoms. The Morgan fingerprint density at radius 2 is 1.79 bits per heavy atom. The molecule has 0 fully saturated rings. The number of nitriles is 1. The Bertz CT molecular complexity index is 1240. The van der Waals surface area contributed by atoms with Crippen LogP contribution < -0.4 is 4.74 Å². The first kappa shape index (κ1) is 20.4. The first-order valence-electron chi connectivity index (χ1n) is 8.16. The molecular formula is C19H13F3N2O4S. The van der Waals surface area contributed by atoms with Gasteiger partial charge in [-0.05, 0) is 37.3 Å². The van der Waals surface area contributed by atoms with Crippen LogP contribution in [0.15, 0.2) is 53.4 Å². The van der Waals surface area contributed by atoms with E-state index in [-0.39, 0.29) is 21.5 Å². The van der Waals surface area contributed by atoms with Gasteiger partial charge in [0.1, 0.15) is 17.9 Å².